The van der Waals surface area contributed by atoms with Crippen LogP contribution >= 0.6 is 11.8 Å². The van der Waals surface area contributed by atoms with E-state index < -0.39 is 0 Å². The van der Waals surface area contributed by atoms with Gasteiger partial charge in [0.15, 0.2) is 0 Å². The number of benzene rings is 1. The largest absolute Gasteiger partial charge is 0.489 e. The summed E-state index contributed by atoms with van der Waals surface area (Å²) in [7, 11) is 0. The number of hydrogen-bond donors (Lipinski definition) is 1. The molecule has 1 aliphatic rings. The van der Waals surface area contributed by atoms with Crippen LogP contribution in [0, 0.1) is 0 Å². The molecule has 2 unspecified atom stereocenters. The van der Waals surface area contributed by atoms with E-state index in [0.29, 0.717) is 12.6 Å². The second kappa shape index (κ2) is 7.61. The fraction of sp³-hybridized carbons (Fsp3) is 0.500. The van der Waals surface area contributed by atoms with Gasteiger partial charge in [0.2, 0.25) is 0 Å². The highest BCUT2D eigenvalue weighted by Crippen LogP contribution is 2.28. The number of hydrogen-bond acceptors (Lipinski definition) is 3. The Labute approximate surface area is 120 Å². The molecular weight excluding hydrogens is 254 g/mol. The SMILES string of the molecule is C=CCOc1ccccc1CNC1CCC(SC)C1. The van der Waals surface area contributed by atoms with Gasteiger partial charge in [-0.25, -0.2) is 0 Å². The molecule has 0 radical (unpaired) electrons. The Morgan fingerprint density at radius 1 is 1.42 bits per heavy atom. The molecule has 1 aliphatic carbocycles. The summed E-state index contributed by atoms with van der Waals surface area (Å²) in [6.45, 7) is 5.14. The molecule has 3 heteroatoms. The van der Waals surface area contributed by atoms with Crippen molar-refractivity contribution in [1.29, 1.82) is 0 Å². The van der Waals surface area contributed by atoms with Gasteiger partial charge in [-0.1, -0.05) is 30.9 Å². The van der Waals surface area contributed by atoms with Crippen molar-refractivity contribution in [3.8, 4) is 5.75 Å². The first kappa shape index (κ1) is 14.5. The van der Waals surface area contributed by atoms with Gasteiger partial charge in [-0.15, -0.1) is 0 Å². The van der Waals surface area contributed by atoms with Gasteiger partial charge in [0, 0.05) is 23.4 Å². The van der Waals surface area contributed by atoms with Gasteiger partial charge in [0.25, 0.3) is 0 Å². The molecule has 1 aromatic rings. The normalized spacial score (nSPS) is 22.4. The molecule has 1 saturated carbocycles. The van der Waals surface area contributed by atoms with E-state index >= 15 is 0 Å². The summed E-state index contributed by atoms with van der Waals surface area (Å²) in [6, 6.07) is 8.90. The number of ether oxygens (including phenoxy) is 1. The summed E-state index contributed by atoms with van der Waals surface area (Å²) >= 11 is 2.00. The van der Waals surface area contributed by atoms with E-state index in [1.54, 1.807) is 6.08 Å². The van der Waals surface area contributed by atoms with Crippen LogP contribution < -0.4 is 10.1 Å². The second-order valence-corrected chi connectivity index (χ2v) is 6.09. The first-order valence-electron chi connectivity index (χ1n) is 6.91. The lowest BCUT2D eigenvalue weighted by Gasteiger charge is -2.15. The molecule has 2 atom stereocenters. The van der Waals surface area contributed by atoms with Crippen molar-refractivity contribution < 1.29 is 4.74 Å². The molecule has 1 fully saturated rings. The minimum atomic E-state index is 0.564. The molecule has 2 rings (SSSR count). The first-order chi connectivity index (χ1) is 9.33. The summed E-state index contributed by atoms with van der Waals surface area (Å²) in [4.78, 5) is 0. The standard InChI is InChI=1S/C16H23NOS/c1-3-10-18-16-7-5-4-6-13(16)12-17-14-8-9-15(11-14)19-2/h3-7,14-15,17H,1,8-12H2,2H3. The second-order valence-electron chi connectivity index (χ2n) is 4.96. The molecule has 19 heavy (non-hydrogen) atoms. The maximum atomic E-state index is 5.68. The molecule has 2 nitrogen and oxygen atoms in total. The molecule has 0 aromatic heterocycles. The Balaban J connectivity index is 1.87. The lowest BCUT2D eigenvalue weighted by Crippen LogP contribution is -2.26. The van der Waals surface area contributed by atoms with Crippen molar-refractivity contribution in [3.05, 3.63) is 42.5 Å². The molecule has 0 amide bonds. The molecule has 1 aromatic carbocycles. The van der Waals surface area contributed by atoms with E-state index in [0.717, 1.165) is 17.5 Å². The van der Waals surface area contributed by atoms with E-state index in [2.05, 4.69) is 30.3 Å². The van der Waals surface area contributed by atoms with Crippen LogP contribution in [0.1, 0.15) is 24.8 Å². The third-order valence-corrected chi connectivity index (χ3v) is 4.72. The average Bonchev–Trinajstić information content (AvgIpc) is 2.91. The monoisotopic (exact) mass is 277 g/mol. The van der Waals surface area contributed by atoms with Crippen LogP contribution in [0.5, 0.6) is 5.75 Å². The number of rotatable bonds is 7. The molecule has 0 spiro atoms. The zero-order valence-electron chi connectivity index (χ0n) is 11.6. The van der Waals surface area contributed by atoms with Crippen LogP contribution in [0.25, 0.3) is 0 Å². The Hall–Kier alpha value is -0.930. The van der Waals surface area contributed by atoms with Crippen molar-refractivity contribution >= 4 is 11.8 Å². The van der Waals surface area contributed by atoms with Crippen molar-refractivity contribution in [2.75, 3.05) is 12.9 Å². The van der Waals surface area contributed by atoms with E-state index in [1.807, 2.05) is 23.9 Å². The van der Waals surface area contributed by atoms with E-state index in [4.69, 9.17) is 4.74 Å². The predicted molar refractivity (Wildman–Crippen MR) is 83.9 cm³/mol. The lowest BCUT2D eigenvalue weighted by atomic mass is 10.1. The Bertz CT molecular complexity index is 407. The fourth-order valence-electron chi connectivity index (χ4n) is 2.53. The first-order valence-corrected chi connectivity index (χ1v) is 8.20. The summed E-state index contributed by atoms with van der Waals surface area (Å²) in [5.41, 5.74) is 1.23. The van der Waals surface area contributed by atoms with Gasteiger partial charge in [0.1, 0.15) is 12.4 Å². The van der Waals surface area contributed by atoms with Crippen LogP contribution in [0.15, 0.2) is 36.9 Å². The molecule has 0 bridgehead atoms. The van der Waals surface area contributed by atoms with Crippen LogP contribution in [0.3, 0.4) is 0 Å². The van der Waals surface area contributed by atoms with Crippen LogP contribution in [-0.2, 0) is 6.54 Å². The summed E-state index contributed by atoms with van der Waals surface area (Å²) in [6.07, 6.45) is 7.92. The summed E-state index contributed by atoms with van der Waals surface area (Å²) < 4.78 is 5.68. The zero-order valence-corrected chi connectivity index (χ0v) is 12.4. The van der Waals surface area contributed by atoms with Crippen molar-refractivity contribution in [2.24, 2.45) is 0 Å². The number of para-hydroxylation sites is 1. The van der Waals surface area contributed by atoms with Gasteiger partial charge in [-0.05, 0) is 31.6 Å². The third kappa shape index (κ3) is 4.29. The summed E-state index contributed by atoms with van der Waals surface area (Å²) in [5.74, 6) is 0.967. The van der Waals surface area contributed by atoms with Crippen LogP contribution in [0.2, 0.25) is 0 Å². The Morgan fingerprint density at radius 3 is 3.00 bits per heavy atom. The Kier molecular flexibility index (Phi) is 5.80. The highest BCUT2D eigenvalue weighted by atomic mass is 32.2. The van der Waals surface area contributed by atoms with Gasteiger partial charge in [0.05, 0.1) is 0 Å². The average molecular weight is 277 g/mol. The molecule has 104 valence electrons. The zero-order chi connectivity index (χ0) is 13.5. The highest BCUT2D eigenvalue weighted by molar-refractivity contribution is 7.99. The quantitative estimate of drug-likeness (QED) is 0.769. The predicted octanol–water partition coefficient (Wildman–Crippen LogP) is 3.63. The Morgan fingerprint density at radius 2 is 2.26 bits per heavy atom. The van der Waals surface area contributed by atoms with E-state index in [1.165, 1.54) is 24.8 Å². The molecule has 0 heterocycles. The maximum absolute atomic E-state index is 5.68. The molecule has 0 aliphatic heterocycles. The molecule has 1 N–H and O–H groups in total. The van der Waals surface area contributed by atoms with Crippen LogP contribution in [0.4, 0.5) is 0 Å². The smallest absolute Gasteiger partial charge is 0.124 e. The number of nitrogens with one attached hydrogen (secondary N) is 1. The van der Waals surface area contributed by atoms with Crippen LogP contribution in [-0.4, -0.2) is 24.2 Å². The summed E-state index contributed by atoms with van der Waals surface area (Å²) in [5, 5.41) is 4.50. The maximum Gasteiger partial charge on any atom is 0.124 e. The fourth-order valence-corrected chi connectivity index (χ4v) is 3.33. The lowest BCUT2D eigenvalue weighted by molar-refractivity contribution is 0.356. The third-order valence-electron chi connectivity index (χ3n) is 3.63. The van der Waals surface area contributed by atoms with Gasteiger partial charge < -0.3 is 10.1 Å². The minimum Gasteiger partial charge on any atom is -0.489 e. The molecule has 0 saturated heterocycles. The molecular formula is C16H23NOS. The highest BCUT2D eigenvalue weighted by Gasteiger charge is 2.23. The van der Waals surface area contributed by atoms with Crippen molar-refractivity contribution in [3.63, 3.8) is 0 Å². The van der Waals surface area contributed by atoms with E-state index in [9.17, 15) is 0 Å². The van der Waals surface area contributed by atoms with Gasteiger partial charge in [-0.3, -0.25) is 0 Å². The van der Waals surface area contributed by atoms with Gasteiger partial charge in [-0.2, -0.15) is 11.8 Å². The van der Waals surface area contributed by atoms with E-state index in [-0.39, 0.29) is 0 Å². The number of thioether (sulfide) groups is 1. The topological polar surface area (TPSA) is 21.3 Å². The minimum absolute atomic E-state index is 0.564. The van der Waals surface area contributed by atoms with Crippen molar-refractivity contribution in [1.82, 2.24) is 5.32 Å². The van der Waals surface area contributed by atoms with Crippen molar-refractivity contribution in [2.45, 2.75) is 37.1 Å². The van der Waals surface area contributed by atoms with Gasteiger partial charge >= 0.3 is 0 Å².